The molecule has 0 unspecified atom stereocenters. The van der Waals surface area contributed by atoms with Crippen molar-refractivity contribution in [2.75, 3.05) is 4.90 Å². The standard InChI is InChI=1S/C54H34N2S/c1-2-17-41-39(15-1)40-16-3-4-18-42(40)48-34-37(32-33-43(41)48)55(52-26-13-22-47-46-21-8-12-27-53(46)57-54(47)52)36-30-28-35(29-31-36)38-14-5-9-23-49(38)56-50-24-10-6-19-44(50)45-20-7-11-25-51(45)56/h1-34H. The molecule has 12 rings (SSSR count). The minimum absolute atomic E-state index is 1.11. The Kier molecular flexibility index (Phi) is 7.13. The second-order valence-electron chi connectivity index (χ2n) is 14.8. The van der Waals surface area contributed by atoms with Gasteiger partial charge < -0.3 is 9.47 Å². The van der Waals surface area contributed by atoms with E-state index < -0.39 is 0 Å². The Morgan fingerprint density at radius 3 is 1.54 bits per heavy atom. The summed E-state index contributed by atoms with van der Waals surface area (Å²) >= 11 is 1.87. The van der Waals surface area contributed by atoms with E-state index in [1.54, 1.807) is 0 Å². The Balaban J connectivity index is 1.07. The molecular formula is C54H34N2S. The Labute approximate surface area is 333 Å². The first-order valence-corrected chi connectivity index (χ1v) is 20.3. The minimum Gasteiger partial charge on any atom is -0.309 e. The predicted octanol–water partition coefficient (Wildman–Crippen LogP) is 15.7. The topological polar surface area (TPSA) is 8.17 Å². The number of benzene rings is 10. The molecule has 0 saturated heterocycles. The van der Waals surface area contributed by atoms with Gasteiger partial charge in [0, 0.05) is 43.2 Å². The molecule has 10 aromatic carbocycles. The largest absolute Gasteiger partial charge is 0.309 e. The number of hydrogen-bond donors (Lipinski definition) is 0. The van der Waals surface area contributed by atoms with Crippen LogP contribution in [-0.4, -0.2) is 4.57 Å². The van der Waals surface area contributed by atoms with Crippen LogP contribution in [0.4, 0.5) is 17.1 Å². The van der Waals surface area contributed by atoms with Gasteiger partial charge in [0.1, 0.15) is 0 Å². The van der Waals surface area contributed by atoms with Gasteiger partial charge in [-0.1, -0.05) is 152 Å². The highest BCUT2D eigenvalue weighted by Crippen LogP contribution is 2.47. The van der Waals surface area contributed by atoms with Crippen molar-refractivity contribution in [1.29, 1.82) is 0 Å². The molecule has 0 amide bonds. The molecular weight excluding hydrogens is 709 g/mol. The van der Waals surface area contributed by atoms with Crippen molar-refractivity contribution in [3.63, 3.8) is 0 Å². The molecule has 266 valence electrons. The van der Waals surface area contributed by atoms with Crippen molar-refractivity contribution < 1.29 is 0 Å². The average Bonchev–Trinajstić information content (AvgIpc) is 3.83. The van der Waals surface area contributed by atoms with E-state index in [0.29, 0.717) is 0 Å². The lowest BCUT2D eigenvalue weighted by Gasteiger charge is -2.27. The quantitative estimate of drug-likeness (QED) is 0.159. The highest BCUT2D eigenvalue weighted by atomic mass is 32.1. The number of aromatic nitrogens is 1. The second-order valence-corrected chi connectivity index (χ2v) is 15.9. The highest BCUT2D eigenvalue weighted by molar-refractivity contribution is 7.26. The Hall–Kier alpha value is -7.20. The smallest absolute Gasteiger partial charge is 0.0640 e. The number of nitrogens with zero attached hydrogens (tertiary/aromatic N) is 2. The van der Waals surface area contributed by atoms with Crippen LogP contribution < -0.4 is 4.90 Å². The lowest BCUT2D eigenvalue weighted by molar-refractivity contribution is 1.18. The van der Waals surface area contributed by atoms with Crippen LogP contribution in [0.1, 0.15) is 0 Å². The molecule has 0 fully saturated rings. The first-order chi connectivity index (χ1) is 28.3. The van der Waals surface area contributed by atoms with Gasteiger partial charge in [-0.15, -0.1) is 11.3 Å². The number of rotatable bonds is 5. The molecule has 2 nitrogen and oxygen atoms in total. The van der Waals surface area contributed by atoms with Crippen LogP contribution >= 0.6 is 11.3 Å². The SMILES string of the molecule is c1ccc(-n2c3ccccc3c3ccccc32)c(-c2ccc(N(c3ccc4c5ccccc5c5ccccc5c4c3)c3cccc4c3sc3ccccc34)cc2)c1. The van der Waals surface area contributed by atoms with Crippen LogP contribution in [0.5, 0.6) is 0 Å². The maximum absolute atomic E-state index is 2.46. The Morgan fingerprint density at radius 2 is 0.860 bits per heavy atom. The van der Waals surface area contributed by atoms with Crippen LogP contribution in [0.25, 0.3) is 91.1 Å². The summed E-state index contributed by atoms with van der Waals surface area (Å²) in [6.45, 7) is 0. The zero-order chi connectivity index (χ0) is 37.5. The fourth-order valence-corrected chi connectivity index (χ4v) is 10.5. The van der Waals surface area contributed by atoms with Crippen molar-refractivity contribution >= 4 is 103 Å². The van der Waals surface area contributed by atoms with E-state index in [0.717, 1.165) is 11.4 Å². The summed E-state index contributed by atoms with van der Waals surface area (Å²) in [5.74, 6) is 0. The summed E-state index contributed by atoms with van der Waals surface area (Å²) in [6, 6.07) is 75.7. The van der Waals surface area contributed by atoms with Crippen LogP contribution in [0.3, 0.4) is 0 Å². The second kappa shape index (κ2) is 12.7. The van der Waals surface area contributed by atoms with Gasteiger partial charge in [0.15, 0.2) is 0 Å². The zero-order valence-corrected chi connectivity index (χ0v) is 31.7. The normalized spacial score (nSPS) is 11.9. The van der Waals surface area contributed by atoms with E-state index in [4.69, 9.17) is 0 Å². The lowest BCUT2D eigenvalue weighted by Crippen LogP contribution is -2.10. The van der Waals surface area contributed by atoms with Crippen LogP contribution in [0.2, 0.25) is 0 Å². The zero-order valence-electron chi connectivity index (χ0n) is 30.9. The van der Waals surface area contributed by atoms with E-state index in [2.05, 4.69) is 216 Å². The van der Waals surface area contributed by atoms with Gasteiger partial charge in [0.05, 0.1) is 27.1 Å². The monoisotopic (exact) mass is 742 g/mol. The molecule has 0 atom stereocenters. The molecule has 57 heavy (non-hydrogen) atoms. The molecule has 3 heteroatoms. The summed E-state index contributed by atoms with van der Waals surface area (Å²) in [5.41, 5.74) is 9.38. The number of para-hydroxylation sites is 3. The summed E-state index contributed by atoms with van der Waals surface area (Å²) < 4.78 is 5.00. The Bertz CT molecular complexity index is 3450. The highest BCUT2D eigenvalue weighted by Gasteiger charge is 2.21. The molecule has 0 aliphatic heterocycles. The molecule has 0 radical (unpaired) electrons. The van der Waals surface area contributed by atoms with Crippen LogP contribution in [0, 0.1) is 0 Å². The number of anilines is 3. The first kappa shape index (κ1) is 32.1. The van der Waals surface area contributed by atoms with Crippen molar-refractivity contribution in [2.24, 2.45) is 0 Å². The van der Waals surface area contributed by atoms with E-state index in [1.807, 2.05) is 11.3 Å². The van der Waals surface area contributed by atoms with Gasteiger partial charge >= 0.3 is 0 Å². The van der Waals surface area contributed by atoms with Gasteiger partial charge in [0.2, 0.25) is 0 Å². The summed E-state index contributed by atoms with van der Waals surface area (Å²) in [7, 11) is 0. The number of thiophene rings is 1. The van der Waals surface area contributed by atoms with E-state index in [1.165, 1.54) is 96.8 Å². The third-order valence-corrected chi connectivity index (χ3v) is 13.0. The summed E-state index contributed by atoms with van der Waals surface area (Å²) in [4.78, 5) is 2.46. The predicted molar refractivity (Wildman–Crippen MR) is 246 cm³/mol. The minimum atomic E-state index is 1.11. The summed E-state index contributed by atoms with van der Waals surface area (Å²) in [6.07, 6.45) is 0. The first-order valence-electron chi connectivity index (χ1n) is 19.5. The van der Waals surface area contributed by atoms with Gasteiger partial charge in [-0.2, -0.15) is 0 Å². The van der Waals surface area contributed by atoms with Crippen molar-refractivity contribution in [3.05, 3.63) is 206 Å². The van der Waals surface area contributed by atoms with Crippen molar-refractivity contribution in [1.82, 2.24) is 4.57 Å². The van der Waals surface area contributed by atoms with Gasteiger partial charge in [-0.25, -0.2) is 0 Å². The van der Waals surface area contributed by atoms with E-state index in [-0.39, 0.29) is 0 Å². The molecule has 2 heterocycles. The lowest BCUT2D eigenvalue weighted by atomic mass is 9.94. The molecule has 0 saturated carbocycles. The van der Waals surface area contributed by atoms with Crippen LogP contribution in [-0.2, 0) is 0 Å². The molecule has 0 aliphatic carbocycles. The van der Waals surface area contributed by atoms with Crippen molar-refractivity contribution in [2.45, 2.75) is 0 Å². The molecule has 12 aromatic rings. The number of fused-ring (bicyclic) bond motifs is 12. The van der Waals surface area contributed by atoms with E-state index in [9.17, 15) is 0 Å². The molecule has 0 N–H and O–H groups in total. The molecule has 2 aromatic heterocycles. The van der Waals surface area contributed by atoms with Crippen molar-refractivity contribution in [3.8, 4) is 16.8 Å². The van der Waals surface area contributed by atoms with Gasteiger partial charge in [0.25, 0.3) is 0 Å². The third kappa shape index (κ3) is 4.89. The fraction of sp³-hybridized carbons (Fsp3) is 0. The van der Waals surface area contributed by atoms with E-state index >= 15 is 0 Å². The molecule has 0 bridgehead atoms. The molecule has 0 spiro atoms. The van der Waals surface area contributed by atoms with Gasteiger partial charge in [-0.05, 0) is 92.5 Å². The summed E-state index contributed by atoms with van der Waals surface area (Å²) in [5, 5.41) is 12.8. The maximum atomic E-state index is 2.46. The number of hydrogen-bond acceptors (Lipinski definition) is 2. The average molecular weight is 743 g/mol. The van der Waals surface area contributed by atoms with Gasteiger partial charge in [-0.3, -0.25) is 0 Å². The molecule has 0 aliphatic rings. The fourth-order valence-electron chi connectivity index (χ4n) is 9.26. The maximum Gasteiger partial charge on any atom is 0.0640 e. The van der Waals surface area contributed by atoms with Crippen LogP contribution in [0.15, 0.2) is 206 Å². The third-order valence-electron chi connectivity index (χ3n) is 11.8. The Morgan fingerprint density at radius 1 is 0.351 bits per heavy atom.